The van der Waals surface area contributed by atoms with Gasteiger partial charge in [0.25, 0.3) is 0 Å². The Hall–Kier alpha value is -2.09. The Labute approximate surface area is 185 Å². The molecule has 0 heterocycles. The molecule has 1 unspecified atom stereocenters. The fourth-order valence-electron chi connectivity index (χ4n) is 2.86. The van der Waals surface area contributed by atoms with E-state index in [0.717, 1.165) is 12.8 Å². The van der Waals surface area contributed by atoms with E-state index in [2.05, 4.69) is 6.92 Å². The highest BCUT2D eigenvalue weighted by atomic mass is 16.6. The summed E-state index contributed by atoms with van der Waals surface area (Å²) in [7, 11) is 0. The van der Waals surface area contributed by atoms with Crippen LogP contribution in [0.2, 0.25) is 0 Å². The Kier molecular flexibility index (Phi) is 13.6. The Balaban J connectivity index is 2.20. The van der Waals surface area contributed by atoms with Crippen LogP contribution in [0.25, 0.3) is 0 Å². The van der Waals surface area contributed by atoms with Crippen molar-refractivity contribution >= 4 is 18.0 Å². The number of rotatable bonds is 18. The standard InChI is InChI=1S/C24H36O7/c1-4-7-20-9-11-21(12-10-20)23(27)24(3,5-2)31-19-17-29-15-14-28-16-18-30-22(26)8-6-13-25/h9-13H,4-8,14-19H2,1-3H3. The number of Topliss-reactive ketones (excluding diaryl/α,β-unsaturated/α-hetero) is 1. The summed E-state index contributed by atoms with van der Waals surface area (Å²) in [5, 5.41) is 0. The first-order valence-electron chi connectivity index (χ1n) is 11.0. The van der Waals surface area contributed by atoms with Gasteiger partial charge in [-0.2, -0.15) is 0 Å². The number of esters is 1. The summed E-state index contributed by atoms with van der Waals surface area (Å²) in [5.41, 5.74) is 0.995. The van der Waals surface area contributed by atoms with E-state index in [4.69, 9.17) is 18.9 Å². The number of ketones is 1. The van der Waals surface area contributed by atoms with Crippen molar-refractivity contribution < 1.29 is 33.3 Å². The van der Waals surface area contributed by atoms with E-state index in [0.29, 0.717) is 44.7 Å². The Morgan fingerprint density at radius 2 is 1.55 bits per heavy atom. The van der Waals surface area contributed by atoms with E-state index in [9.17, 15) is 14.4 Å². The van der Waals surface area contributed by atoms with Crippen LogP contribution in [-0.4, -0.2) is 63.3 Å². The topological polar surface area (TPSA) is 88.1 Å². The number of carbonyl (C=O) groups is 3. The lowest BCUT2D eigenvalue weighted by Crippen LogP contribution is -2.39. The molecule has 0 N–H and O–H groups in total. The van der Waals surface area contributed by atoms with Crippen molar-refractivity contribution in [2.24, 2.45) is 0 Å². The number of aryl methyl sites for hydroxylation is 1. The number of ether oxygens (including phenoxy) is 4. The molecule has 1 rings (SSSR count). The molecule has 0 saturated heterocycles. The maximum absolute atomic E-state index is 12.9. The molecule has 7 nitrogen and oxygen atoms in total. The number of hydrogen-bond donors (Lipinski definition) is 0. The molecule has 0 amide bonds. The quantitative estimate of drug-likeness (QED) is 0.150. The van der Waals surface area contributed by atoms with Crippen molar-refractivity contribution in [1.29, 1.82) is 0 Å². The molecular formula is C24H36O7. The third-order valence-corrected chi connectivity index (χ3v) is 4.89. The highest BCUT2D eigenvalue weighted by Crippen LogP contribution is 2.22. The molecule has 1 aromatic rings. The molecule has 0 aliphatic rings. The van der Waals surface area contributed by atoms with Gasteiger partial charge in [-0.15, -0.1) is 0 Å². The highest BCUT2D eigenvalue weighted by Gasteiger charge is 2.32. The van der Waals surface area contributed by atoms with Crippen LogP contribution in [0.15, 0.2) is 24.3 Å². The fraction of sp³-hybridized carbons (Fsp3) is 0.625. The van der Waals surface area contributed by atoms with Crippen molar-refractivity contribution in [2.75, 3.05) is 39.6 Å². The molecule has 0 spiro atoms. The molecule has 0 fully saturated rings. The van der Waals surface area contributed by atoms with Gasteiger partial charge < -0.3 is 23.7 Å². The van der Waals surface area contributed by atoms with Crippen LogP contribution in [0.3, 0.4) is 0 Å². The maximum atomic E-state index is 12.9. The van der Waals surface area contributed by atoms with E-state index in [-0.39, 0.29) is 31.8 Å². The maximum Gasteiger partial charge on any atom is 0.306 e. The van der Waals surface area contributed by atoms with Crippen LogP contribution in [0.1, 0.15) is 62.4 Å². The fourth-order valence-corrected chi connectivity index (χ4v) is 2.86. The predicted molar refractivity (Wildman–Crippen MR) is 117 cm³/mol. The SMILES string of the molecule is CCCc1ccc(C(=O)C(C)(CC)OCCOCCOCCOC(=O)CCC=O)cc1. The Bertz CT molecular complexity index is 656. The first-order valence-corrected chi connectivity index (χ1v) is 11.0. The van der Waals surface area contributed by atoms with Crippen LogP contribution in [0.4, 0.5) is 0 Å². The zero-order chi connectivity index (χ0) is 23.0. The van der Waals surface area contributed by atoms with Crippen molar-refractivity contribution in [2.45, 2.75) is 58.5 Å². The summed E-state index contributed by atoms with van der Waals surface area (Å²) < 4.78 is 21.6. The molecule has 0 aliphatic carbocycles. The van der Waals surface area contributed by atoms with Crippen molar-refractivity contribution in [1.82, 2.24) is 0 Å². The zero-order valence-electron chi connectivity index (χ0n) is 19.0. The van der Waals surface area contributed by atoms with E-state index in [1.807, 2.05) is 38.1 Å². The number of carbonyl (C=O) groups excluding carboxylic acids is 3. The largest absolute Gasteiger partial charge is 0.463 e. The smallest absolute Gasteiger partial charge is 0.306 e. The number of hydrogen-bond acceptors (Lipinski definition) is 7. The Morgan fingerprint density at radius 3 is 2.13 bits per heavy atom. The molecule has 0 saturated carbocycles. The molecule has 7 heteroatoms. The lowest BCUT2D eigenvalue weighted by Gasteiger charge is -2.27. The van der Waals surface area contributed by atoms with E-state index in [1.165, 1.54) is 5.56 Å². The summed E-state index contributed by atoms with van der Waals surface area (Å²) in [4.78, 5) is 34.3. The van der Waals surface area contributed by atoms with Crippen molar-refractivity contribution in [3.63, 3.8) is 0 Å². The zero-order valence-corrected chi connectivity index (χ0v) is 19.0. The molecule has 0 bridgehead atoms. The average Bonchev–Trinajstić information content (AvgIpc) is 2.79. The average molecular weight is 437 g/mol. The first-order chi connectivity index (χ1) is 15.0. The summed E-state index contributed by atoms with van der Waals surface area (Å²) in [5.74, 6) is -0.432. The van der Waals surface area contributed by atoms with Gasteiger partial charge in [0.05, 0.1) is 39.5 Å². The van der Waals surface area contributed by atoms with Crippen LogP contribution in [-0.2, 0) is 35.0 Å². The summed E-state index contributed by atoms with van der Waals surface area (Å²) in [6.07, 6.45) is 3.59. The van der Waals surface area contributed by atoms with Crippen LogP contribution >= 0.6 is 0 Å². The second-order valence-corrected chi connectivity index (χ2v) is 7.36. The summed E-state index contributed by atoms with van der Waals surface area (Å²) in [6, 6.07) is 7.75. The molecule has 1 atom stereocenters. The van der Waals surface area contributed by atoms with Crippen molar-refractivity contribution in [3.05, 3.63) is 35.4 Å². The third kappa shape index (κ3) is 10.7. The van der Waals surface area contributed by atoms with Crippen LogP contribution in [0.5, 0.6) is 0 Å². The normalized spacial score (nSPS) is 12.9. The van der Waals surface area contributed by atoms with Gasteiger partial charge >= 0.3 is 5.97 Å². The van der Waals surface area contributed by atoms with E-state index < -0.39 is 11.6 Å². The molecule has 0 radical (unpaired) electrons. The molecule has 0 aromatic heterocycles. The van der Waals surface area contributed by atoms with Gasteiger partial charge in [0.15, 0.2) is 5.78 Å². The molecule has 0 aliphatic heterocycles. The van der Waals surface area contributed by atoms with Gasteiger partial charge in [-0.25, -0.2) is 0 Å². The van der Waals surface area contributed by atoms with Gasteiger partial charge in [0, 0.05) is 12.0 Å². The predicted octanol–water partition coefficient (Wildman–Crippen LogP) is 3.56. The van der Waals surface area contributed by atoms with E-state index in [1.54, 1.807) is 0 Å². The first kappa shape index (κ1) is 26.9. The molecule has 31 heavy (non-hydrogen) atoms. The molecule has 1 aromatic carbocycles. The van der Waals surface area contributed by atoms with Crippen LogP contribution in [0, 0.1) is 0 Å². The second kappa shape index (κ2) is 15.7. The van der Waals surface area contributed by atoms with Gasteiger partial charge in [-0.05, 0) is 25.3 Å². The Morgan fingerprint density at radius 1 is 0.935 bits per heavy atom. The summed E-state index contributed by atoms with van der Waals surface area (Å²) in [6.45, 7) is 7.69. The minimum absolute atomic E-state index is 0.0240. The van der Waals surface area contributed by atoms with E-state index >= 15 is 0 Å². The number of benzene rings is 1. The lowest BCUT2D eigenvalue weighted by molar-refractivity contribution is -0.145. The lowest BCUT2D eigenvalue weighted by atomic mass is 9.91. The molecular weight excluding hydrogens is 400 g/mol. The van der Waals surface area contributed by atoms with Gasteiger partial charge in [0.2, 0.25) is 0 Å². The molecule has 174 valence electrons. The van der Waals surface area contributed by atoms with Crippen molar-refractivity contribution in [3.8, 4) is 0 Å². The minimum Gasteiger partial charge on any atom is -0.463 e. The third-order valence-electron chi connectivity index (χ3n) is 4.89. The van der Waals surface area contributed by atoms with Gasteiger partial charge in [-0.3, -0.25) is 9.59 Å². The second-order valence-electron chi connectivity index (χ2n) is 7.36. The monoisotopic (exact) mass is 436 g/mol. The van der Waals surface area contributed by atoms with Gasteiger partial charge in [0.1, 0.15) is 18.5 Å². The summed E-state index contributed by atoms with van der Waals surface area (Å²) >= 11 is 0. The number of aldehydes is 1. The van der Waals surface area contributed by atoms with Gasteiger partial charge in [-0.1, -0.05) is 44.5 Å². The highest BCUT2D eigenvalue weighted by molar-refractivity contribution is 6.02. The minimum atomic E-state index is -0.889. The van der Waals surface area contributed by atoms with Crippen LogP contribution < -0.4 is 0 Å².